The van der Waals surface area contributed by atoms with Crippen LogP contribution in [-0.2, 0) is 9.53 Å². The summed E-state index contributed by atoms with van der Waals surface area (Å²) in [5.41, 5.74) is 0.237. The third kappa shape index (κ3) is 3.81. The summed E-state index contributed by atoms with van der Waals surface area (Å²) in [4.78, 5) is 14.8. The largest absolute Gasteiger partial charge is 0.632 e. The van der Waals surface area contributed by atoms with Gasteiger partial charge in [0.05, 0.1) is 5.56 Å². The summed E-state index contributed by atoms with van der Waals surface area (Å²) in [5.74, 6) is -1.81. The third-order valence-electron chi connectivity index (χ3n) is 3.95. The van der Waals surface area contributed by atoms with E-state index in [1.54, 1.807) is 12.1 Å². The number of amides is 1. The molecule has 0 bridgehead atoms. The fraction of sp³-hybridized carbons (Fsp3) is 0.294. The summed E-state index contributed by atoms with van der Waals surface area (Å²) in [6, 6.07) is 5.34. The zero-order valence-electron chi connectivity index (χ0n) is 13.5. The monoisotopic (exact) mass is 349 g/mol. The molecule has 1 fully saturated rings. The van der Waals surface area contributed by atoms with Crippen LogP contribution in [0.5, 0.6) is 0 Å². The Morgan fingerprint density at radius 2 is 2.16 bits per heavy atom. The van der Waals surface area contributed by atoms with Crippen molar-refractivity contribution in [2.24, 2.45) is 0 Å². The maximum atomic E-state index is 14.4. The summed E-state index contributed by atoms with van der Waals surface area (Å²) >= 11 is 0. The predicted octanol–water partition coefficient (Wildman–Crippen LogP) is 0.943. The van der Waals surface area contributed by atoms with Gasteiger partial charge in [0.2, 0.25) is 12.1 Å². The molecule has 132 valence electrons. The second-order valence-electron chi connectivity index (χ2n) is 5.85. The lowest BCUT2D eigenvalue weighted by atomic mass is 10.0. The van der Waals surface area contributed by atoms with Crippen molar-refractivity contribution in [3.8, 4) is 11.1 Å². The molecule has 0 aliphatic carbocycles. The molecule has 2 heterocycles. The Hall–Kier alpha value is -2.42. The second kappa shape index (κ2) is 7.22. The second-order valence-corrected chi connectivity index (χ2v) is 5.85. The molecule has 1 aliphatic heterocycles. The number of hydroxylamine groups is 2. The van der Waals surface area contributed by atoms with Crippen LogP contribution < -0.4 is 10.4 Å². The Morgan fingerprint density at radius 1 is 1.44 bits per heavy atom. The van der Waals surface area contributed by atoms with Gasteiger partial charge in [0, 0.05) is 37.0 Å². The lowest BCUT2D eigenvalue weighted by Gasteiger charge is -2.22. The molecule has 1 amide bonds. The van der Waals surface area contributed by atoms with Gasteiger partial charge in [0.1, 0.15) is 24.3 Å². The van der Waals surface area contributed by atoms with Crippen LogP contribution in [0.15, 0.2) is 36.7 Å². The van der Waals surface area contributed by atoms with E-state index in [1.807, 2.05) is 0 Å². The summed E-state index contributed by atoms with van der Waals surface area (Å²) in [6.45, 7) is 1.62. The van der Waals surface area contributed by atoms with Crippen LogP contribution in [0.4, 0.5) is 8.78 Å². The smallest absolute Gasteiger partial charge is 0.219 e. The van der Waals surface area contributed by atoms with E-state index in [0.717, 1.165) is 12.1 Å². The van der Waals surface area contributed by atoms with Crippen LogP contribution in [0.25, 0.3) is 11.1 Å². The number of carbonyl (C=O) groups is 1. The highest BCUT2D eigenvalue weighted by Crippen LogP contribution is 2.29. The lowest BCUT2D eigenvalue weighted by Crippen LogP contribution is -3.06. The Bertz CT molecular complexity index is 750. The molecule has 2 N–H and O–H groups in total. The minimum atomic E-state index is -1.04. The van der Waals surface area contributed by atoms with Crippen molar-refractivity contribution in [3.05, 3.63) is 59.1 Å². The number of aromatic nitrogens is 1. The summed E-state index contributed by atoms with van der Waals surface area (Å²) in [5, 5.41) is 14.4. The minimum absolute atomic E-state index is 0.0819. The maximum Gasteiger partial charge on any atom is 0.219 e. The Balaban J connectivity index is 1.83. The molecule has 0 spiro atoms. The topological polar surface area (TPSA) is 78.7 Å². The van der Waals surface area contributed by atoms with Crippen molar-refractivity contribution in [2.45, 2.75) is 19.3 Å². The average molecular weight is 349 g/mol. The molecule has 1 saturated heterocycles. The van der Waals surface area contributed by atoms with Crippen LogP contribution in [0.2, 0.25) is 0 Å². The van der Waals surface area contributed by atoms with Crippen LogP contribution in [-0.4, -0.2) is 30.1 Å². The van der Waals surface area contributed by atoms with Gasteiger partial charge in [-0.05, 0) is 18.2 Å². The number of benzene rings is 1. The summed E-state index contributed by atoms with van der Waals surface area (Å²) in [6.07, 6.45) is 1.33. The zero-order valence-corrected chi connectivity index (χ0v) is 13.5. The van der Waals surface area contributed by atoms with Crippen molar-refractivity contribution in [3.63, 3.8) is 0 Å². The van der Waals surface area contributed by atoms with Crippen LogP contribution in [0.1, 0.15) is 18.7 Å². The summed E-state index contributed by atoms with van der Waals surface area (Å²) in [7, 11) is 0. The predicted molar refractivity (Wildman–Crippen MR) is 85.1 cm³/mol. The molecule has 6 nitrogen and oxygen atoms in total. The molecule has 1 aliphatic rings. The van der Waals surface area contributed by atoms with Gasteiger partial charge in [-0.1, -0.05) is 6.07 Å². The molecule has 3 unspecified atom stereocenters. The van der Waals surface area contributed by atoms with Gasteiger partial charge in [-0.15, -0.1) is 0 Å². The van der Waals surface area contributed by atoms with Crippen molar-refractivity contribution >= 4 is 5.91 Å². The van der Waals surface area contributed by atoms with E-state index >= 15 is 0 Å². The number of halogens is 2. The van der Waals surface area contributed by atoms with Crippen LogP contribution in [0.3, 0.4) is 0 Å². The fourth-order valence-electron chi connectivity index (χ4n) is 2.82. The van der Waals surface area contributed by atoms with Crippen molar-refractivity contribution in [1.82, 2.24) is 10.3 Å². The van der Waals surface area contributed by atoms with E-state index < -0.39 is 24.0 Å². The number of quaternary nitrogens is 1. The van der Waals surface area contributed by atoms with E-state index in [9.17, 15) is 18.8 Å². The van der Waals surface area contributed by atoms with Crippen molar-refractivity contribution in [1.29, 1.82) is 0 Å². The highest BCUT2D eigenvalue weighted by molar-refractivity contribution is 5.72. The molecule has 8 heteroatoms. The molecule has 2 aromatic rings. The fourth-order valence-corrected chi connectivity index (χ4v) is 2.82. The molecule has 1 aromatic heterocycles. The first-order valence-corrected chi connectivity index (χ1v) is 7.77. The highest BCUT2D eigenvalue weighted by Gasteiger charge is 2.34. The van der Waals surface area contributed by atoms with Gasteiger partial charge in [0.15, 0.2) is 0 Å². The van der Waals surface area contributed by atoms with Gasteiger partial charge in [0.25, 0.3) is 0 Å². The van der Waals surface area contributed by atoms with Gasteiger partial charge in [-0.2, -0.15) is 0 Å². The number of rotatable bonds is 4. The first-order chi connectivity index (χ1) is 12.0. The SMILES string of the molecule is CC(=O)NCC1C[NH+]([O-])C(c2cc(F)c(-c3cccnc3)c(F)c2)O1. The van der Waals surface area contributed by atoms with Gasteiger partial charge in [-0.25, -0.2) is 8.78 Å². The number of pyridine rings is 1. The molecule has 3 atom stereocenters. The van der Waals surface area contributed by atoms with Gasteiger partial charge >= 0.3 is 0 Å². The number of hydrogen-bond donors (Lipinski definition) is 2. The van der Waals surface area contributed by atoms with E-state index in [-0.39, 0.29) is 35.2 Å². The first kappa shape index (κ1) is 17.4. The van der Waals surface area contributed by atoms with Gasteiger partial charge < -0.3 is 20.3 Å². The number of ether oxygens (including phenoxy) is 1. The van der Waals surface area contributed by atoms with Gasteiger partial charge in [-0.3, -0.25) is 9.78 Å². The number of carbonyl (C=O) groups excluding carboxylic acids is 1. The quantitative estimate of drug-likeness (QED) is 0.806. The molecule has 1 aromatic carbocycles. The van der Waals surface area contributed by atoms with E-state index in [4.69, 9.17) is 4.74 Å². The Morgan fingerprint density at radius 3 is 2.76 bits per heavy atom. The number of hydrogen-bond acceptors (Lipinski definition) is 4. The van der Waals surface area contributed by atoms with Crippen LogP contribution >= 0.6 is 0 Å². The molecule has 25 heavy (non-hydrogen) atoms. The molecule has 3 rings (SSSR count). The van der Waals surface area contributed by atoms with E-state index in [2.05, 4.69) is 10.3 Å². The zero-order chi connectivity index (χ0) is 18.0. The Labute approximate surface area is 143 Å². The lowest BCUT2D eigenvalue weighted by molar-refractivity contribution is -0.882. The molecular formula is C17H17F2N3O3. The average Bonchev–Trinajstić information content (AvgIpc) is 2.94. The summed E-state index contributed by atoms with van der Waals surface area (Å²) < 4.78 is 34.4. The number of nitrogens with one attached hydrogen (secondary N) is 2. The Kier molecular flexibility index (Phi) is 5.03. The normalized spacial score (nSPS) is 22.8. The van der Waals surface area contributed by atoms with Crippen LogP contribution in [0, 0.1) is 16.8 Å². The van der Waals surface area contributed by atoms with E-state index in [1.165, 1.54) is 19.3 Å². The first-order valence-electron chi connectivity index (χ1n) is 7.77. The maximum absolute atomic E-state index is 14.4. The highest BCUT2D eigenvalue weighted by atomic mass is 19.1. The van der Waals surface area contributed by atoms with Crippen molar-refractivity contribution in [2.75, 3.05) is 13.1 Å². The standard InChI is InChI=1S/C17H17F2N3O3/c1-10(23)21-8-13-9-22(24)17(25-13)12-5-14(18)16(15(19)6-12)11-3-2-4-20-7-11/h2-7,13,17,22H,8-9H2,1H3,(H,21,23). The molecular weight excluding hydrogens is 332 g/mol. The third-order valence-corrected chi connectivity index (χ3v) is 3.95. The number of nitrogens with zero attached hydrogens (tertiary/aromatic N) is 1. The minimum Gasteiger partial charge on any atom is -0.632 e. The van der Waals surface area contributed by atoms with Crippen molar-refractivity contribution < 1.29 is 23.4 Å². The van der Waals surface area contributed by atoms with E-state index in [0.29, 0.717) is 5.56 Å². The molecule has 0 radical (unpaired) electrons. The molecule has 0 saturated carbocycles.